The van der Waals surface area contributed by atoms with Crippen molar-refractivity contribution in [2.24, 2.45) is 0 Å². The van der Waals surface area contributed by atoms with Gasteiger partial charge in [0.25, 0.3) is 0 Å². The summed E-state index contributed by atoms with van der Waals surface area (Å²) >= 11 is 0. The minimum absolute atomic E-state index is 0.0835. The molecule has 21 heavy (non-hydrogen) atoms. The fraction of sp³-hybridized carbons (Fsp3) is 0.316. The lowest BCUT2D eigenvalue weighted by Crippen LogP contribution is -2.43. The normalized spacial score (nSPS) is 26.5. The first-order valence-electron chi connectivity index (χ1n) is 7.56. The molecule has 2 aliphatic rings. The molecule has 2 atom stereocenters. The molecule has 0 amide bonds. The Labute approximate surface area is 125 Å². The molecular weight excluding hydrogens is 256 g/mol. The van der Waals surface area contributed by atoms with Crippen molar-refractivity contribution in [2.45, 2.75) is 24.3 Å². The number of nitrogens with zero attached hydrogens (tertiary/aromatic N) is 2. The van der Waals surface area contributed by atoms with Crippen LogP contribution in [0.2, 0.25) is 0 Å². The van der Waals surface area contributed by atoms with Gasteiger partial charge in [-0.15, -0.1) is 0 Å². The Morgan fingerprint density at radius 2 is 1.86 bits per heavy atom. The first-order chi connectivity index (χ1) is 10.3. The minimum atomic E-state index is 0.0835. The molecule has 0 radical (unpaired) electrons. The first-order valence-corrected chi connectivity index (χ1v) is 7.56. The number of hydrogen-bond donors (Lipinski definition) is 0. The SMILES string of the molecule is N#CC[C@@]12CN(Cc3ccccc3)C[C@@H]1c1ccccc12. The molecule has 0 unspecified atom stereocenters. The Kier molecular flexibility index (Phi) is 2.83. The maximum Gasteiger partial charge on any atom is 0.0631 e. The molecular formula is C19H18N2. The second-order valence-electron chi connectivity index (χ2n) is 6.29. The maximum atomic E-state index is 9.28. The third-order valence-electron chi connectivity index (χ3n) is 5.13. The Morgan fingerprint density at radius 3 is 2.67 bits per heavy atom. The van der Waals surface area contributed by atoms with E-state index >= 15 is 0 Å². The molecule has 1 aliphatic heterocycles. The quantitative estimate of drug-likeness (QED) is 0.857. The van der Waals surface area contributed by atoms with E-state index in [-0.39, 0.29) is 5.41 Å². The van der Waals surface area contributed by atoms with Crippen LogP contribution in [0, 0.1) is 11.3 Å². The topological polar surface area (TPSA) is 27.0 Å². The summed E-state index contributed by atoms with van der Waals surface area (Å²) in [5, 5.41) is 9.28. The van der Waals surface area contributed by atoms with Crippen LogP contribution in [-0.2, 0) is 12.0 Å². The van der Waals surface area contributed by atoms with E-state index in [1.807, 2.05) is 0 Å². The van der Waals surface area contributed by atoms with Gasteiger partial charge in [0.15, 0.2) is 0 Å². The molecule has 0 saturated carbocycles. The van der Waals surface area contributed by atoms with Crippen LogP contribution in [0.15, 0.2) is 54.6 Å². The third kappa shape index (κ3) is 1.81. The molecule has 2 aromatic carbocycles. The van der Waals surface area contributed by atoms with Crippen LogP contribution in [0.3, 0.4) is 0 Å². The Hall–Kier alpha value is -2.11. The summed E-state index contributed by atoms with van der Waals surface area (Å²) in [5.41, 5.74) is 4.31. The largest absolute Gasteiger partial charge is 0.297 e. The van der Waals surface area contributed by atoms with E-state index in [4.69, 9.17) is 0 Å². The van der Waals surface area contributed by atoms with Gasteiger partial charge in [-0.3, -0.25) is 4.90 Å². The number of hydrogen-bond acceptors (Lipinski definition) is 2. The summed E-state index contributed by atoms with van der Waals surface area (Å²) in [6.45, 7) is 3.07. The molecule has 2 heteroatoms. The van der Waals surface area contributed by atoms with Gasteiger partial charge in [-0.05, 0) is 16.7 Å². The van der Waals surface area contributed by atoms with Gasteiger partial charge in [-0.1, -0.05) is 54.6 Å². The van der Waals surface area contributed by atoms with Gasteiger partial charge in [-0.2, -0.15) is 5.26 Å². The predicted molar refractivity (Wildman–Crippen MR) is 82.8 cm³/mol. The van der Waals surface area contributed by atoms with Crippen molar-refractivity contribution in [3.63, 3.8) is 0 Å². The second-order valence-corrected chi connectivity index (χ2v) is 6.29. The summed E-state index contributed by atoms with van der Waals surface area (Å²) in [4.78, 5) is 2.51. The average molecular weight is 274 g/mol. The van der Waals surface area contributed by atoms with Crippen molar-refractivity contribution in [1.29, 1.82) is 5.26 Å². The molecule has 1 fully saturated rings. The number of rotatable bonds is 3. The zero-order chi connectivity index (χ0) is 14.3. The molecule has 2 aromatic rings. The van der Waals surface area contributed by atoms with Crippen LogP contribution in [-0.4, -0.2) is 18.0 Å². The number of fused-ring (bicyclic) bond motifs is 4. The lowest BCUT2D eigenvalue weighted by Gasteiger charge is -2.45. The molecule has 1 saturated heterocycles. The molecule has 1 heterocycles. The first kappa shape index (κ1) is 12.6. The highest BCUT2D eigenvalue weighted by molar-refractivity contribution is 5.53. The van der Waals surface area contributed by atoms with Gasteiger partial charge in [0.1, 0.15) is 0 Å². The summed E-state index contributed by atoms with van der Waals surface area (Å²) in [7, 11) is 0. The van der Waals surface area contributed by atoms with Crippen molar-refractivity contribution in [1.82, 2.24) is 4.90 Å². The van der Waals surface area contributed by atoms with Crippen LogP contribution >= 0.6 is 0 Å². The summed E-state index contributed by atoms with van der Waals surface area (Å²) in [6.07, 6.45) is 0.639. The summed E-state index contributed by atoms with van der Waals surface area (Å²) in [6, 6.07) is 21.7. The van der Waals surface area contributed by atoms with Crippen molar-refractivity contribution in [3.8, 4) is 6.07 Å². The molecule has 0 bridgehead atoms. The fourth-order valence-electron chi connectivity index (χ4n) is 4.23. The number of nitriles is 1. The smallest absolute Gasteiger partial charge is 0.0631 e. The van der Waals surface area contributed by atoms with E-state index in [2.05, 4.69) is 65.6 Å². The van der Waals surface area contributed by atoms with Gasteiger partial charge in [0.05, 0.1) is 6.07 Å². The Morgan fingerprint density at radius 1 is 1.10 bits per heavy atom. The molecule has 104 valence electrons. The lowest BCUT2D eigenvalue weighted by atomic mass is 9.56. The van der Waals surface area contributed by atoms with Gasteiger partial charge in [-0.25, -0.2) is 0 Å². The Balaban J connectivity index is 1.61. The number of benzene rings is 2. The highest BCUT2D eigenvalue weighted by atomic mass is 15.2. The van der Waals surface area contributed by atoms with E-state index < -0.39 is 0 Å². The van der Waals surface area contributed by atoms with E-state index in [0.29, 0.717) is 12.3 Å². The van der Waals surface area contributed by atoms with Crippen LogP contribution in [0.1, 0.15) is 29.0 Å². The molecule has 0 N–H and O–H groups in total. The van der Waals surface area contributed by atoms with E-state index in [1.54, 1.807) is 0 Å². The lowest BCUT2D eigenvalue weighted by molar-refractivity contribution is 0.299. The second kappa shape index (κ2) is 4.72. The molecule has 0 spiro atoms. The van der Waals surface area contributed by atoms with Crippen molar-refractivity contribution >= 4 is 0 Å². The van der Waals surface area contributed by atoms with Gasteiger partial charge >= 0.3 is 0 Å². The number of likely N-dealkylation sites (tertiary alicyclic amines) is 1. The molecule has 4 rings (SSSR count). The van der Waals surface area contributed by atoms with E-state index in [1.165, 1.54) is 16.7 Å². The van der Waals surface area contributed by atoms with Crippen LogP contribution in [0.4, 0.5) is 0 Å². The standard InChI is InChI=1S/C19H18N2/c20-11-10-19-14-21(12-15-6-2-1-3-7-15)13-18(19)16-8-4-5-9-17(16)19/h1-9,18H,10,12-14H2/t18-,19+/m1/s1. The predicted octanol–water partition coefficient (Wildman–Crippen LogP) is 3.45. The van der Waals surface area contributed by atoms with E-state index in [0.717, 1.165) is 19.6 Å². The zero-order valence-electron chi connectivity index (χ0n) is 12.0. The molecule has 2 nitrogen and oxygen atoms in total. The highest BCUT2D eigenvalue weighted by Gasteiger charge is 2.56. The highest BCUT2D eigenvalue weighted by Crippen LogP contribution is 2.57. The van der Waals surface area contributed by atoms with Crippen molar-refractivity contribution in [2.75, 3.05) is 13.1 Å². The van der Waals surface area contributed by atoms with Crippen molar-refractivity contribution < 1.29 is 0 Å². The average Bonchev–Trinajstić information content (AvgIpc) is 2.82. The third-order valence-corrected chi connectivity index (χ3v) is 5.13. The monoisotopic (exact) mass is 274 g/mol. The van der Waals surface area contributed by atoms with Crippen LogP contribution in [0.5, 0.6) is 0 Å². The summed E-state index contributed by atoms with van der Waals surface area (Å²) in [5.74, 6) is 0.539. The zero-order valence-corrected chi connectivity index (χ0v) is 12.0. The Bertz CT molecular complexity index is 701. The van der Waals surface area contributed by atoms with Crippen molar-refractivity contribution in [3.05, 3.63) is 71.3 Å². The van der Waals surface area contributed by atoms with Gasteiger partial charge < -0.3 is 0 Å². The van der Waals surface area contributed by atoms with E-state index in [9.17, 15) is 5.26 Å². The maximum absolute atomic E-state index is 9.28. The van der Waals surface area contributed by atoms with Gasteiger partial charge in [0.2, 0.25) is 0 Å². The van der Waals surface area contributed by atoms with Crippen LogP contribution < -0.4 is 0 Å². The summed E-state index contributed by atoms with van der Waals surface area (Å²) < 4.78 is 0. The molecule has 1 aliphatic carbocycles. The van der Waals surface area contributed by atoms with Gasteiger partial charge in [0, 0.05) is 37.4 Å². The minimum Gasteiger partial charge on any atom is -0.297 e. The van der Waals surface area contributed by atoms with Crippen LogP contribution in [0.25, 0.3) is 0 Å². The molecule has 0 aromatic heterocycles. The fourth-order valence-corrected chi connectivity index (χ4v) is 4.23.